The van der Waals surface area contributed by atoms with Crippen LogP contribution < -0.4 is 10.6 Å². The topological polar surface area (TPSA) is 84.5 Å². The van der Waals surface area contributed by atoms with Gasteiger partial charge in [0.15, 0.2) is 18.2 Å². The lowest BCUT2D eigenvalue weighted by molar-refractivity contribution is -0.146. The fraction of sp³-hybridized carbons (Fsp3) is 0.0870. The van der Waals surface area contributed by atoms with Crippen LogP contribution in [0.3, 0.4) is 0 Å². The number of esters is 1. The lowest BCUT2D eigenvalue weighted by Crippen LogP contribution is -2.32. The number of anilines is 1. The number of benzene rings is 3. The van der Waals surface area contributed by atoms with Crippen LogP contribution in [0.1, 0.15) is 10.4 Å². The fourth-order valence-electron chi connectivity index (χ4n) is 2.67. The number of hydrogen-bond acceptors (Lipinski definition) is 4. The van der Waals surface area contributed by atoms with Crippen LogP contribution in [0.25, 0.3) is 11.1 Å². The molecule has 2 amide bonds. The van der Waals surface area contributed by atoms with Gasteiger partial charge in [-0.15, -0.1) is 0 Å². The Kier molecular flexibility index (Phi) is 7.05. The van der Waals surface area contributed by atoms with Crippen molar-refractivity contribution < 1.29 is 27.9 Å². The molecule has 0 aliphatic carbocycles. The Bertz CT molecular complexity index is 1090. The highest BCUT2D eigenvalue weighted by Gasteiger charge is 2.12. The zero-order valence-corrected chi connectivity index (χ0v) is 16.2. The van der Waals surface area contributed by atoms with E-state index in [9.17, 15) is 23.2 Å². The number of ether oxygens (including phenoxy) is 1. The number of nitrogens with one attached hydrogen (secondary N) is 2. The largest absolute Gasteiger partial charge is 0.454 e. The van der Waals surface area contributed by atoms with E-state index >= 15 is 0 Å². The van der Waals surface area contributed by atoms with Gasteiger partial charge in [0.25, 0.3) is 11.8 Å². The molecule has 0 radical (unpaired) electrons. The average Bonchev–Trinajstić information content (AvgIpc) is 2.79. The highest BCUT2D eigenvalue weighted by molar-refractivity contribution is 5.97. The van der Waals surface area contributed by atoms with Crippen molar-refractivity contribution in [1.82, 2.24) is 5.32 Å². The molecule has 0 saturated heterocycles. The van der Waals surface area contributed by atoms with Crippen molar-refractivity contribution in [3.63, 3.8) is 0 Å². The van der Waals surface area contributed by atoms with Crippen LogP contribution in [0.15, 0.2) is 72.8 Å². The van der Waals surface area contributed by atoms with Crippen molar-refractivity contribution in [2.75, 3.05) is 18.5 Å². The zero-order valence-electron chi connectivity index (χ0n) is 16.2. The molecule has 0 aromatic heterocycles. The third-order valence-corrected chi connectivity index (χ3v) is 4.22. The van der Waals surface area contributed by atoms with Crippen molar-refractivity contribution in [1.29, 1.82) is 0 Å². The van der Waals surface area contributed by atoms with Gasteiger partial charge in [0.05, 0.1) is 0 Å². The third kappa shape index (κ3) is 6.20. The van der Waals surface area contributed by atoms with E-state index in [1.807, 2.05) is 30.3 Å². The molecule has 2 N–H and O–H groups in total. The first kappa shape index (κ1) is 21.6. The third-order valence-electron chi connectivity index (χ3n) is 4.22. The Morgan fingerprint density at radius 2 is 1.48 bits per heavy atom. The summed E-state index contributed by atoms with van der Waals surface area (Å²) >= 11 is 0. The Balaban J connectivity index is 1.43. The van der Waals surface area contributed by atoms with Gasteiger partial charge < -0.3 is 15.4 Å². The molecule has 0 unspecified atom stereocenters. The van der Waals surface area contributed by atoms with Gasteiger partial charge >= 0.3 is 5.97 Å². The molecule has 158 valence electrons. The minimum atomic E-state index is -1.12. The normalized spacial score (nSPS) is 10.3. The van der Waals surface area contributed by atoms with E-state index in [1.54, 1.807) is 24.3 Å². The summed E-state index contributed by atoms with van der Waals surface area (Å²) in [6, 6.07) is 19.4. The maximum absolute atomic E-state index is 13.1. The molecule has 0 spiro atoms. The summed E-state index contributed by atoms with van der Waals surface area (Å²) in [6.45, 7) is -1.07. The second kappa shape index (κ2) is 10.1. The monoisotopic (exact) mass is 424 g/mol. The lowest BCUT2D eigenvalue weighted by atomic mass is 10.0. The van der Waals surface area contributed by atoms with Crippen molar-refractivity contribution in [3.05, 3.63) is 90.0 Å². The minimum Gasteiger partial charge on any atom is -0.454 e. The Hall–Kier alpha value is -4.07. The molecule has 0 saturated carbocycles. The fourth-order valence-corrected chi connectivity index (χ4v) is 2.67. The molecule has 0 aliphatic heterocycles. The van der Waals surface area contributed by atoms with E-state index in [1.165, 1.54) is 6.07 Å². The van der Waals surface area contributed by atoms with E-state index in [-0.39, 0.29) is 5.69 Å². The molecule has 3 aromatic rings. The summed E-state index contributed by atoms with van der Waals surface area (Å²) in [6.07, 6.45) is 0. The molecule has 6 nitrogen and oxygen atoms in total. The number of carbonyl (C=O) groups is 3. The first-order chi connectivity index (χ1) is 14.9. The van der Waals surface area contributed by atoms with Crippen LogP contribution in [-0.2, 0) is 14.3 Å². The van der Waals surface area contributed by atoms with Crippen LogP contribution in [0.2, 0.25) is 0 Å². The number of rotatable bonds is 7. The van der Waals surface area contributed by atoms with Crippen LogP contribution >= 0.6 is 0 Å². The van der Waals surface area contributed by atoms with Gasteiger partial charge in [-0.05, 0) is 35.4 Å². The highest BCUT2D eigenvalue weighted by atomic mass is 19.2. The van der Waals surface area contributed by atoms with Gasteiger partial charge in [0.2, 0.25) is 0 Å². The van der Waals surface area contributed by atoms with Gasteiger partial charge in [-0.1, -0.05) is 42.5 Å². The second-order valence-corrected chi connectivity index (χ2v) is 6.46. The number of hydrogen-bond donors (Lipinski definition) is 2. The Labute approximate surface area is 176 Å². The Morgan fingerprint density at radius 3 is 2.16 bits per heavy atom. The van der Waals surface area contributed by atoms with Crippen molar-refractivity contribution in [2.24, 2.45) is 0 Å². The number of carbonyl (C=O) groups excluding carboxylic acids is 3. The van der Waals surface area contributed by atoms with Crippen LogP contribution in [0.5, 0.6) is 0 Å². The summed E-state index contributed by atoms with van der Waals surface area (Å²) in [5, 5.41) is 4.67. The summed E-state index contributed by atoms with van der Waals surface area (Å²) in [7, 11) is 0. The van der Waals surface area contributed by atoms with Crippen LogP contribution in [0, 0.1) is 11.6 Å². The molecule has 3 aromatic carbocycles. The van der Waals surface area contributed by atoms with Crippen molar-refractivity contribution in [3.8, 4) is 11.1 Å². The van der Waals surface area contributed by atoms with E-state index in [2.05, 4.69) is 10.6 Å². The molecular formula is C23H18F2N2O4. The molecule has 0 aliphatic rings. The first-order valence-electron chi connectivity index (χ1n) is 9.26. The van der Waals surface area contributed by atoms with Gasteiger partial charge in [-0.2, -0.15) is 0 Å². The maximum Gasteiger partial charge on any atom is 0.325 e. The van der Waals surface area contributed by atoms with E-state index in [4.69, 9.17) is 4.74 Å². The summed E-state index contributed by atoms with van der Waals surface area (Å²) in [5.41, 5.74) is 2.35. The zero-order chi connectivity index (χ0) is 22.2. The number of amides is 2. The SMILES string of the molecule is O=C(COC(=O)CNC(=O)c1ccc(-c2ccccc2)cc1)Nc1ccc(F)c(F)c1. The van der Waals surface area contributed by atoms with Crippen LogP contribution in [-0.4, -0.2) is 30.9 Å². The smallest absolute Gasteiger partial charge is 0.325 e. The second-order valence-electron chi connectivity index (χ2n) is 6.46. The predicted molar refractivity (Wildman–Crippen MR) is 110 cm³/mol. The van der Waals surface area contributed by atoms with E-state index < -0.39 is 42.6 Å². The van der Waals surface area contributed by atoms with Gasteiger partial charge in [0.1, 0.15) is 6.54 Å². The quantitative estimate of drug-likeness (QED) is 0.569. The summed E-state index contributed by atoms with van der Waals surface area (Å²) in [5.74, 6) is -4.19. The Morgan fingerprint density at radius 1 is 0.806 bits per heavy atom. The molecule has 8 heteroatoms. The van der Waals surface area contributed by atoms with E-state index in [0.717, 1.165) is 23.3 Å². The molecule has 3 rings (SSSR count). The van der Waals surface area contributed by atoms with Crippen LogP contribution in [0.4, 0.5) is 14.5 Å². The van der Waals surface area contributed by atoms with Crippen molar-refractivity contribution >= 4 is 23.5 Å². The van der Waals surface area contributed by atoms with E-state index in [0.29, 0.717) is 5.56 Å². The van der Waals surface area contributed by atoms with Gasteiger partial charge in [0, 0.05) is 17.3 Å². The lowest BCUT2D eigenvalue weighted by Gasteiger charge is -2.08. The highest BCUT2D eigenvalue weighted by Crippen LogP contribution is 2.19. The predicted octanol–water partition coefficient (Wildman–Crippen LogP) is 3.54. The molecule has 0 heterocycles. The molecule has 0 fully saturated rings. The maximum atomic E-state index is 13.1. The average molecular weight is 424 g/mol. The summed E-state index contributed by atoms with van der Waals surface area (Å²) in [4.78, 5) is 35.6. The standard InChI is InChI=1S/C23H18F2N2O4/c24-19-11-10-18(12-20(19)25)27-21(28)14-31-22(29)13-26-23(30)17-8-6-16(7-9-17)15-4-2-1-3-5-15/h1-12H,13-14H2,(H,26,30)(H,27,28). The van der Waals surface area contributed by atoms with Gasteiger partial charge in [-0.3, -0.25) is 14.4 Å². The van der Waals surface area contributed by atoms with Gasteiger partial charge in [-0.25, -0.2) is 8.78 Å². The molecule has 0 atom stereocenters. The van der Waals surface area contributed by atoms with Crippen molar-refractivity contribution in [2.45, 2.75) is 0 Å². The number of halogens is 2. The minimum absolute atomic E-state index is 0.0206. The molecule has 0 bridgehead atoms. The summed E-state index contributed by atoms with van der Waals surface area (Å²) < 4.78 is 30.7. The molecular weight excluding hydrogens is 406 g/mol. The molecule has 31 heavy (non-hydrogen) atoms. The first-order valence-corrected chi connectivity index (χ1v) is 9.26.